The lowest BCUT2D eigenvalue weighted by molar-refractivity contribution is 1.20. The van der Waals surface area contributed by atoms with Gasteiger partial charge in [-0.3, -0.25) is 4.98 Å². The minimum atomic E-state index is 0.659. The van der Waals surface area contributed by atoms with E-state index in [1.54, 1.807) is 12.4 Å². The van der Waals surface area contributed by atoms with Crippen molar-refractivity contribution in [3.63, 3.8) is 0 Å². The van der Waals surface area contributed by atoms with E-state index in [1.165, 1.54) is 0 Å². The smallest absolute Gasteiger partial charge is 0.0270 e. The Morgan fingerprint density at radius 3 is 2.60 bits per heavy atom. The van der Waals surface area contributed by atoms with Crippen LogP contribution in [0, 0.1) is 0 Å². The number of hydrogen-bond donors (Lipinski definition) is 0. The van der Waals surface area contributed by atoms with Crippen LogP contribution in [0.4, 0.5) is 0 Å². The number of aromatic nitrogens is 1. The van der Waals surface area contributed by atoms with Gasteiger partial charge >= 0.3 is 0 Å². The van der Waals surface area contributed by atoms with Crippen molar-refractivity contribution in [1.29, 1.82) is 0 Å². The molecular formula is C8H8ClN. The predicted octanol–water partition coefficient (Wildman–Crippen LogP) is 2.38. The van der Waals surface area contributed by atoms with Crippen molar-refractivity contribution in [2.45, 2.75) is 6.42 Å². The summed E-state index contributed by atoms with van der Waals surface area (Å²) in [7, 11) is 0. The maximum absolute atomic E-state index is 5.60. The molecule has 0 atom stereocenters. The molecule has 0 bridgehead atoms. The van der Waals surface area contributed by atoms with Gasteiger partial charge in [-0.2, -0.15) is 0 Å². The molecule has 1 aromatic rings. The molecular weight excluding hydrogens is 146 g/mol. The Balaban J connectivity index is 2.67. The molecule has 0 aliphatic carbocycles. The van der Waals surface area contributed by atoms with E-state index in [0.717, 1.165) is 12.0 Å². The van der Waals surface area contributed by atoms with Crippen LogP contribution in [0.1, 0.15) is 5.56 Å². The first-order valence-corrected chi connectivity index (χ1v) is 3.39. The van der Waals surface area contributed by atoms with Gasteiger partial charge in [-0.15, -0.1) is 0 Å². The number of pyridine rings is 1. The molecule has 0 amide bonds. The molecule has 52 valence electrons. The van der Waals surface area contributed by atoms with Crippen LogP contribution >= 0.6 is 11.6 Å². The third-order valence-electron chi connectivity index (χ3n) is 1.15. The van der Waals surface area contributed by atoms with Crippen molar-refractivity contribution in [2.24, 2.45) is 0 Å². The lowest BCUT2D eigenvalue weighted by Gasteiger charge is -1.95. The molecule has 0 saturated carbocycles. The summed E-state index contributed by atoms with van der Waals surface area (Å²) in [6.07, 6.45) is 4.22. The first-order chi connectivity index (χ1) is 4.79. The molecule has 0 radical (unpaired) electrons. The van der Waals surface area contributed by atoms with Crippen LogP contribution in [0.25, 0.3) is 0 Å². The maximum atomic E-state index is 5.60. The van der Waals surface area contributed by atoms with E-state index < -0.39 is 0 Å². The number of halogens is 1. The summed E-state index contributed by atoms with van der Waals surface area (Å²) < 4.78 is 0. The lowest BCUT2D eigenvalue weighted by atomic mass is 10.2. The summed E-state index contributed by atoms with van der Waals surface area (Å²) >= 11 is 5.60. The van der Waals surface area contributed by atoms with Gasteiger partial charge in [0, 0.05) is 23.8 Å². The summed E-state index contributed by atoms with van der Waals surface area (Å²) in [6, 6.07) is 3.85. The average molecular weight is 154 g/mol. The average Bonchev–Trinajstić information content (AvgIpc) is 1.88. The zero-order valence-electron chi connectivity index (χ0n) is 5.55. The van der Waals surface area contributed by atoms with E-state index in [4.69, 9.17) is 11.6 Å². The van der Waals surface area contributed by atoms with E-state index in [0.29, 0.717) is 5.03 Å². The summed E-state index contributed by atoms with van der Waals surface area (Å²) in [5.41, 5.74) is 1.15. The minimum Gasteiger partial charge on any atom is -0.265 e. The molecule has 0 fully saturated rings. The molecule has 0 spiro atoms. The van der Waals surface area contributed by atoms with Crippen LogP contribution in [0.3, 0.4) is 0 Å². The van der Waals surface area contributed by atoms with E-state index >= 15 is 0 Å². The van der Waals surface area contributed by atoms with Gasteiger partial charge in [0.05, 0.1) is 0 Å². The lowest BCUT2D eigenvalue weighted by Crippen LogP contribution is -1.82. The fraction of sp³-hybridized carbons (Fsp3) is 0.125. The van der Waals surface area contributed by atoms with E-state index in [2.05, 4.69) is 11.6 Å². The van der Waals surface area contributed by atoms with Crippen molar-refractivity contribution in [1.82, 2.24) is 4.98 Å². The summed E-state index contributed by atoms with van der Waals surface area (Å²) in [6.45, 7) is 3.60. The normalized spacial score (nSPS) is 9.30. The van der Waals surface area contributed by atoms with E-state index in [-0.39, 0.29) is 0 Å². The van der Waals surface area contributed by atoms with Crippen molar-refractivity contribution >= 4 is 11.6 Å². The SMILES string of the molecule is C=C(Cl)Cc1ccncc1. The monoisotopic (exact) mass is 153 g/mol. The zero-order chi connectivity index (χ0) is 7.40. The first-order valence-electron chi connectivity index (χ1n) is 3.01. The van der Waals surface area contributed by atoms with Gasteiger partial charge in [-0.05, 0) is 17.7 Å². The molecule has 10 heavy (non-hydrogen) atoms. The fourth-order valence-corrected chi connectivity index (χ4v) is 0.876. The fourth-order valence-electron chi connectivity index (χ4n) is 0.722. The number of hydrogen-bond acceptors (Lipinski definition) is 1. The molecule has 2 heteroatoms. The maximum Gasteiger partial charge on any atom is 0.0270 e. The van der Waals surface area contributed by atoms with Crippen molar-refractivity contribution in [3.05, 3.63) is 41.7 Å². The van der Waals surface area contributed by atoms with Gasteiger partial charge in [-0.1, -0.05) is 18.2 Å². The largest absolute Gasteiger partial charge is 0.265 e. The van der Waals surface area contributed by atoms with Crippen molar-refractivity contribution < 1.29 is 0 Å². The second-order valence-electron chi connectivity index (χ2n) is 2.05. The van der Waals surface area contributed by atoms with E-state index in [9.17, 15) is 0 Å². The second kappa shape index (κ2) is 3.37. The first kappa shape index (κ1) is 7.29. The molecule has 0 N–H and O–H groups in total. The van der Waals surface area contributed by atoms with Gasteiger partial charge in [-0.25, -0.2) is 0 Å². The molecule has 0 aliphatic heterocycles. The molecule has 1 rings (SSSR count). The minimum absolute atomic E-state index is 0.659. The summed E-state index contributed by atoms with van der Waals surface area (Å²) in [5.74, 6) is 0. The Kier molecular flexibility index (Phi) is 2.46. The molecule has 0 aromatic carbocycles. The molecule has 1 nitrogen and oxygen atoms in total. The molecule has 0 unspecified atom stereocenters. The Labute approximate surface area is 65.4 Å². The van der Waals surface area contributed by atoms with Crippen LogP contribution in [-0.2, 0) is 6.42 Å². The second-order valence-corrected chi connectivity index (χ2v) is 2.58. The van der Waals surface area contributed by atoms with Crippen LogP contribution < -0.4 is 0 Å². The molecule has 0 saturated heterocycles. The summed E-state index contributed by atoms with van der Waals surface area (Å²) in [4.78, 5) is 3.88. The highest BCUT2D eigenvalue weighted by atomic mass is 35.5. The van der Waals surface area contributed by atoms with Gasteiger partial charge in [0.1, 0.15) is 0 Å². The van der Waals surface area contributed by atoms with Crippen molar-refractivity contribution in [2.75, 3.05) is 0 Å². The third-order valence-corrected chi connectivity index (χ3v) is 1.28. The van der Waals surface area contributed by atoms with E-state index in [1.807, 2.05) is 12.1 Å². The Bertz CT molecular complexity index is 218. The highest BCUT2D eigenvalue weighted by Crippen LogP contribution is 2.07. The Morgan fingerprint density at radius 1 is 1.50 bits per heavy atom. The highest BCUT2D eigenvalue weighted by molar-refractivity contribution is 6.29. The predicted molar refractivity (Wildman–Crippen MR) is 42.9 cm³/mol. The van der Waals surface area contributed by atoms with Gasteiger partial charge in [0.2, 0.25) is 0 Å². The standard InChI is InChI=1S/C8H8ClN/c1-7(9)6-8-2-4-10-5-3-8/h2-5H,1,6H2. The highest BCUT2D eigenvalue weighted by Gasteiger charge is 1.90. The number of allylic oxidation sites excluding steroid dienone is 1. The van der Waals surface area contributed by atoms with Gasteiger partial charge < -0.3 is 0 Å². The zero-order valence-corrected chi connectivity index (χ0v) is 6.30. The third kappa shape index (κ3) is 2.19. The van der Waals surface area contributed by atoms with Crippen LogP contribution in [0.2, 0.25) is 0 Å². The number of nitrogens with zero attached hydrogens (tertiary/aromatic N) is 1. The Hall–Kier alpha value is -0.820. The van der Waals surface area contributed by atoms with Crippen molar-refractivity contribution in [3.8, 4) is 0 Å². The van der Waals surface area contributed by atoms with Crippen LogP contribution in [0.15, 0.2) is 36.1 Å². The molecule has 0 aliphatic rings. The topological polar surface area (TPSA) is 12.9 Å². The van der Waals surface area contributed by atoms with Gasteiger partial charge in [0.15, 0.2) is 0 Å². The van der Waals surface area contributed by atoms with Crippen LogP contribution in [-0.4, -0.2) is 4.98 Å². The van der Waals surface area contributed by atoms with Gasteiger partial charge in [0.25, 0.3) is 0 Å². The van der Waals surface area contributed by atoms with Crippen LogP contribution in [0.5, 0.6) is 0 Å². The number of rotatable bonds is 2. The quantitative estimate of drug-likeness (QED) is 0.636. The summed E-state index contributed by atoms with van der Waals surface area (Å²) in [5, 5.41) is 0.659. The Morgan fingerprint density at radius 2 is 2.10 bits per heavy atom. The molecule has 1 heterocycles. The molecule has 1 aromatic heterocycles.